The maximum Gasteiger partial charge on any atom is 0.397 e. The summed E-state index contributed by atoms with van der Waals surface area (Å²) in [7, 11) is 0. The lowest BCUT2D eigenvalue weighted by atomic mass is 9.83. The van der Waals surface area contributed by atoms with Gasteiger partial charge in [-0.1, -0.05) is 48.5 Å². The van der Waals surface area contributed by atoms with Crippen molar-refractivity contribution >= 4 is 11.8 Å². The number of fused-ring (bicyclic) bond motifs is 1. The number of benzene rings is 3. The molecule has 0 spiro atoms. The molecule has 8 heteroatoms. The van der Waals surface area contributed by atoms with Gasteiger partial charge < -0.3 is 10.2 Å². The second-order valence-corrected chi connectivity index (χ2v) is 9.79. The first-order valence-electron chi connectivity index (χ1n) is 12.0. The summed E-state index contributed by atoms with van der Waals surface area (Å²) in [6.07, 6.45) is -3.72. The minimum atomic E-state index is -4.49. The number of hydrogen-bond acceptors (Lipinski definition) is 2. The second kappa shape index (κ2) is 10.4. The molecule has 0 saturated carbocycles. The Hall–Kier alpha value is -3.68. The molecule has 2 amide bonds. The van der Waals surface area contributed by atoms with Crippen molar-refractivity contribution in [3.05, 3.63) is 106 Å². The summed E-state index contributed by atoms with van der Waals surface area (Å²) in [4.78, 5) is 28.3. The SMILES string of the molecule is CC(C)(c1cccc(C(=O)N2Cc3ccccc3CC2C(=O)NCCc2ccc(F)cc2)c1)C(F)(F)F. The third kappa shape index (κ3) is 5.68. The standard InChI is InChI=1S/C29H28F4N2O2/c1-28(2,29(31,32)33)23-9-5-8-21(16-23)27(37)35-18-22-7-4-3-6-20(22)17-25(35)26(36)34-15-14-19-10-12-24(30)13-11-19/h3-13,16,25H,14-15,17-18H2,1-2H3,(H,34,36). The van der Waals surface area contributed by atoms with E-state index in [1.165, 1.54) is 41.3 Å². The van der Waals surface area contributed by atoms with Crippen molar-refractivity contribution in [2.45, 2.75) is 50.9 Å². The molecule has 3 aromatic carbocycles. The number of carbonyl (C=O) groups excluding carboxylic acids is 2. The minimum absolute atomic E-state index is 0.0245. The summed E-state index contributed by atoms with van der Waals surface area (Å²) in [5, 5.41) is 2.86. The third-order valence-corrected chi connectivity index (χ3v) is 6.98. The van der Waals surface area contributed by atoms with Crippen molar-refractivity contribution in [1.29, 1.82) is 0 Å². The molecule has 1 unspecified atom stereocenters. The smallest absolute Gasteiger partial charge is 0.354 e. The van der Waals surface area contributed by atoms with E-state index in [4.69, 9.17) is 0 Å². The lowest BCUT2D eigenvalue weighted by Crippen LogP contribution is -2.52. The minimum Gasteiger partial charge on any atom is -0.354 e. The zero-order chi connectivity index (χ0) is 26.8. The molecular weight excluding hydrogens is 484 g/mol. The summed E-state index contributed by atoms with van der Waals surface area (Å²) < 4.78 is 54.0. The van der Waals surface area contributed by atoms with Crippen LogP contribution < -0.4 is 5.32 Å². The lowest BCUT2D eigenvalue weighted by Gasteiger charge is -2.36. The molecule has 4 rings (SSSR count). The molecule has 0 fully saturated rings. The number of rotatable bonds is 6. The van der Waals surface area contributed by atoms with Gasteiger partial charge in [-0.3, -0.25) is 9.59 Å². The number of amides is 2. The normalized spacial score (nSPS) is 15.7. The number of carbonyl (C=O) groups is 2. The van der Waals surface area contributed by atoms with E-state index in [1.54, 1.807) is 12.1 Å². The molecular formula is C29H28F4N2O2. The summed E-state index contributed by atoms with van der Waals surface area (Å²) in [5.41, 5.74) is 0.610. The zero-order valence-electron chi connectivity index (χ0n) is 20.6. The molecule has 4 nitrogen and oxygen atoms in total. The molecule has 1 aliphatic rings. The van der Waals surface area contributed by atoms with Crippen LogP contribution >= 0.6 is 0 Å². The topological polar surface area (TPSA) is 49.4 Å². The number of hydrogen-bond donors (Lipinski definition) is 1. The molecule has 1 atom stereocenters. The summed E-state index contributed by atoms with van der Waals surface area (Å²) >= 11 is 0. The van der Waals surface area contributed by atoms with Crippen molar-refractivity contribution in [3.63, 3.8) is 0 Å². The fraction of sp³-hybridized carbons (Fsp3) is 0.310. The maximum absolute atomic E-state index is 13.6. The summed E-state index contributed by atoms with van der Waals surface area (Å²) in [6, 6.07) is 18.2. The molecule has 1 heterocycles. The van der Waals surface area contributed by atoms with Gasteiger partial charge in [0.25, 0.3) is 5.91 Å². The van der Waals surface area contributed by atoms with Crippen LogP contribution in [0.15, 0.2) is 72.8 Å². The average molecular weight is 513 g/mol. The first-order chi connectivity index (χ1) is 17.5. The van der Waals surface area contributed by atoms with E-state index in [-0.39, 0.29) is 35.8 Å². The number of nitrogens with one attached hydrogen (secondary N) is 1. The third-order valence-electron chi connectivity index (χ3n) is 6.98. The molecule has 194 valence electrons. The van der Waals surface area contributed by atoms with E-state index in [0.717, 1.165) is 30.5 Å². The van der Waals surface area contributed by atoms with Gasteiger partial charge in [0.1, 0.15) is 11.9 Å². The van der Waals surface area contributed by atoms with Gasteiger partial charge in [0, 0.05) is 25.1 Å². The van der Waals surface area contributed by atoms with E-state index >= 15 is 0 Å². The van der Waals surface area contributed by atoms with Gasteiger partial charge in [-0.2, -0.15) is 13.2 Å². The van der Waals surface area contributed by atoms with Crippen LogP contribution in [0.3, 0.4) is 0 Å². The Kier molecular flexibility index (Phi) is 7.39. The number of halogens is 4. The van der Waals surface area contributed by atoms with Crippen LogP contribution in [0.2, 0.25) is 0 Å². The van der Waals surface area contributed by atoms with Crippen molar-refractivity contribution in [2.75, 3.05) is 6.54 Å². The van der Waals surface area contributed by atoms with E-state index in [2.05, 4.69) is 5.32 Å². The van der Waals surface area contributed by atoms with Crippen molar-refractivity contribution in [1.82, 2.24) is 10.2 Å². The lowest BCUT2D eigenvalue weighted by molar-refractivity contribution is -0.180. The second-order valence-electron chi connectivity index (χ2n) is 9.79. The van der Waals surface area contributed by atoms with Gasteiger partial charge in [0.2, 0.25) is 5.91 Å². The molecule has 0 aliphatic carbocycles. The molecule has 0 bridgehead atoms. The monoisotopic (exact) mass is 512 g/mol. The fourth-order valence-electron chi connectivity index (χ4n) is 4.44. The largest absolute Gasteiger partial charge is 0.397 e. The van der Waals surface area contributed by atoms with Crippen molar-refractivity contribution < 1.29 is 27.2 Å². The quantitative estimate of drug-likeness (QED) is 0.438. The Balaban J connectivity index is 1.57. The molecule has 0 radical (unpaired) electrons. The van der Waals surface area contributed by atoms with Crippen LogP contribution in [0.5, 0.6) is 0 Å². The van der Waals surface area contributed by atoms with Gasteiger partial charge in [-0.15, -0.1) is 0 Å². The van der Waals surface area contributed by atoms with Gasteiger partial charge in [-0.25, -0.2) is 4.39 Å². The Morgan fingerprint density at radius 1 is 0.946 bits per heavy atom. The van der Waals surface area contributed by atoms with Crippen LogP contribution in [-0.4, -0.2) is 35.5 Å². The highest BCUT2D eigenvalue weighted by Gasteiger charge is 2.48. The van der Waals surface area contributed by atoms with Crippen LogP contribution in [0, 0.1) is 5.82 Å². The summed E-state index contributed by atoms with van der Waals surface area (Å²) in [6.45, 7) is 2.61. The van der Waals surface area contributed by atoms with Crippen molar-refractivity contribution in [2.24, 2.45) is 0 Å². The Labute approximate surface area is 213 Å². The van der Waals surface area contributed by atoms with Gasteiger partial charge in [0.15, 0.2) is 0 Å². The van der Waals surface area contributed by atoms with Gasteiger partial charge in [0.05, 0.1) is 5.41 Å². The highest BCUT2D eigenvalue weighted by atomic mass is 19.4. The molecule has 0 aromatic heterocycles. The highest BCUT2D eigenvalue weighted by Crippen LogP contribution is 2.40. The van der Waals surface area contributed by atoms with Crippen LogP contribution in [-0.2, 0) is 29.6 Å². The van der Waals surface area contributed by atoms with Crippen LogP contribution in [0.25, 0.3) is 0 Å². The van der Waals surface area contributed by atoms with E-state index in [0.29, 0.717) is 13.0 Å². The van der Waals surface area contributed by atoms with Crippen LogP contribution in [0.4, 0.5) is 17.6 Å². The molecule has 1 aliphatic heterocycles. The van der Waals surface area contributed by atoms with E-state index < -0.39 is 23.5 Å². The number of alkyl halides is 3. The van der Waals surface area contributed by atoms with E-state index in [1.807, 2.05) is 24.3 Å². The zero-order valence-corrected chi connectivity index (χ0v) is 20.6. The summed E-state index contributed by atoms with van der Waals surface area (Å²) in [5.74, 6) is -1.20. The Bertz CT molecular complexity index is 1290. The first-order valence-corrected chi connectivity index (χ1v) is 12.0. The van der Waals surface area contributed by atoms with Crippen LogP contribution in [0.1, 0.15) is 46.5 Å². The molecule has 1 N–H and O–H groups in total. The molecule has 0 saturated heterocycles. The highest BCUT2D eigenvalue weighted by molar-refractivity contribution is 5.98. The average Bonchev–Trinajstić information content (AvgIpc) is 2.88. The molecule has 3 aromatic rings. The van der Waals surface area contributed by atoms with Gasteiger partial charge in [-0.05, 0) is 66.8 Å². The Morgan fingerprint density at radius 3 is 2.30 bits per heavy atom. The first kappa shape index (κ1) is 26.4. The Morgan fingerprint density at radius 2 is 1.62 bits per heavy atom. The number of nitrogens with zero attached hydrogens (tertiary/aromatic N) is 1. The van der Waals surface area contributed by atoms with E-state index in [9.17, 15) is 27.2 Å². The predicted octanol–water partition coefficient (Wildman–Crippen LogP) is 5.59. The molecule has 37 heavy (non-hydrogen) atoms. The maximum atomic E-state index is 13.6. The fourth-order valence-corrected chi connectivity index (χ4v) is 4.44. The predicted molar refractivity (Wildman–Crippen MR) is 132 cm³/mol. The van der Waals surface area contributed by atoms with Gasteiger partial charge >= 0.3 is 6.18 Å². The van der Waals surface area contributed by atoms with Crippen molar-refractivity contribution in [3.8, 4) is 0 Å².